The summed E-state index contributed by atoms with van der Waals surface area (Å²) in [6.45, 7) is 1.25. The minimum absolute atomic E-state index is 0.150. The quantitative estimate of drug-likeness (QED) is 0.488. The normalized spacial score (nSPS) is 20.2. The molecule has 0 radical (unpaired) electrons. The maximum absolute atomic E-state index is 14.0. The van der Waals surface area contributed by atoms with Gasteiger partial charge < -0.3 is 4.90 Å². The summed E-state index contributed by atoms with van der Waals surface area (Å²) in [6.07, 6.45) is -4.27. The molecule has 1 aromatic carbocycles. The predicted octanol–water partition coefficient (Wildman–Crippen LogP) is 2.81. The molecule has 0 amide bonds. The van der Waals surface area contributed by atoms with Crippen molar-refractivity contribution in [3.05, 3.63) is 34.1 Å². The molecule has 0 aromatic heterocycles. The number of benzene rings is 1. The van der Waals surface area contributed by atoms with Crippen LogP contribution in [0.2, 0.25) is 0 Å². The number of hydrogen-bond acceptors (Lipinski definition) is 4. The predicted molar refractivity (Wildman–Crippen MR) is 72.4 cm³/mol. The Bertz CT molecular complexity index is 565. The average Bonchev–Trinajstić information content (AvgIpc) is 2.39. The van der Waals surface area contributed by atoms with Crippen molar-refractivity contribution in [1.82, 2.24) is 4.90 Å². The average molecular weight is 321 g/mol. The molecule has 2 rings (SSSR count). The van der Waals surface area contributed by atoms with Gasteiger partial charge in [0.1, 0.15) is 0 Å². The Morgan fingerprint density at radius 3 is 2.55 bits per heavy atom. The monoisotopic (exact) mass is 321 g/mol. The second kappa shape index (κ2) is 6.07. The summed E-state index contributed by atoms with van der Waals surface area (Å²) in [4.78, 5) is 12.8. The van der Waals surface area contributed by atoms with Gasteiger partial charge in [-0.05, 0) is 13.0 Å². The maximum atomic E-state index is 14.0. The van der Waals surface area contributed by atoms with Crippen molar-refractivity contribution in [2.45, 2.75) is 19.1 Å². The fourth-order valence-corrected chi connectivity index (χ4v) is 2.55. The van der Waals surface area contributed by atoms with Crippen molar-refractivity contribution in [1.29, 1.82) is 0 Å². The first kappa shape index (κ1) is 16.5. The highest BCUT2D eigenvalue weighted by molar-refractivity contribution is 5.52. The minimum Gasteiger partial charge on any atom is -0.366 e. The SMILES string of the molecule is CC1CN(c2ccc([N+](=O)[O-])cc2F)CCN1CC(F)(F)F. The molecule has 0 saturated carbocycles. The van der Waals surface area contributed by atoms with E-state index in [1.165, 1.54) is 17.0 Å². The molecule has 1 heterocycles. The molecule has 9 heteroatoms. The van der Waals surface area contributed by atoms with Crippen molar-refractivity contribution < 1.29 is 22.5 Å². The first-order chi connectivity index (χ1) is 10.2. The van der Waals surface area contributed by atoms with Crippen LogP contribution in [0.15, 0.2) is 18.2 Å². The number of piperazine rings is 1. The Labute approximate surface area is 124 Å². The van der Waals surface area contributed by atoms with E-state index in [9.17, 15) is 27.7 Å². The van der Waals surface area contributed by atoms with E-state index in [0.29, 0.717) is 0 Å². The second-order valence-electron chi connectivity index (χ2n) is 5.27. The van der Waals surface area contributed by atoms with Gasteiger partial charge in [-0.2, -0.15) is 13.2 Å². The Balaban J connectivity index is 2.09. The molecule has 0 bridgehead atoms. The lowest BCUT2D eigenvalue weighted by Crippen LogP contribution is -2.54. The number of nitro benzene ring substituents is 1. The van der Waals surface area contributed by atoms with E-state index < -0.39 is 29.5 Å². The number of nitro groups is 1. The molecule has 122 valence electrons. The Morgan fingerprint density at radius 2 is 2.05 bits per heavy atom. The number of nitrogens with zero attached hydrogens (tertiary/aromatic N) is 3. The van der Waals surface area contributed by atoms with Crippen LogP contribution in [0.5, 0.6) is 0 Å². The van der Waals surface area contributed by atoms with Gasteiger partial charge in [-0.15, -0.1) is 0 Å². The minimum atomic E-state index is -4.27. The molecular weight excluding hydrogens is 306 g/mol. The zero-order chi connectivity index (χ0) is 16.5. The maximum Gasteiger partial charge on any atom is 0.401 e. The molecule has 1 aliphatic heterocycles. The molecule has 1 aromatic rings. The van der Waals surface area contributed by atoms with Gasteiger partial charge in [-0.1, -0.05) is 0 Å². The van der Waals surface area contributed by atoms with Gasteiger partial charge in [-0.3, -0.25) is 15.0 Å². The van der Waals surface area contributed by atoms with E-state index in [1.54, 1.807) is 11.8 Å². The molecule has 0 N–H and O–H groups in total. The van der Waals surface area contributed by atoms with E-state index in [1.807, 2.05) is 0 Å². The van der Waals surface area contributed by atoms with Crippen LogP contribution in [-0.4, -0.2) is 48.2 Å². The van der Waals surface area contributed by atoms with Crippen LogP contribution < -0.4 is 4.90 Å². The number of non-ortho nitro benzene ring substituents is 1. The Hall–Kier alpha value is -1.90. The zero-order valence-corrected chi connectivity index (χ0v) is 11.8. The summed E-state index contributed by atoms with van der Waals surface area (Å²) in [5.41, 5.74) is -0.186. The van der Waals surface area contributed by atoms with Crippen LogP contribution in [0.1, 0.15) is 6.92 Å². The van der Waals surface area contributed by atoms with E-state index in [2.05, 4.69) is 0 Å². The second-order valence-corrected chi connectivity index (χ2v) is 5.27. The third-order valence-electron chi connectivity index (χ3n) is 3.63. The highest BCUT2D eigenvalue weighted by Crippen LogP contribution is 2.27. The Kier molecular flexibility index (Phi) is 4.55. The van der Waals surface area contributed by atoms with Crippen molar-refractivity contribution in [2.24, 2.45) is 0 Å². The van der Waals surface area contributed by atoms with Gasteiger partial charge >= 0.3 is 6.18 Å². The fraction of sp³-hybridized carbons (Fsp3) is 0.538. The lowest BCUT2D eigenvalue weighted by atomic mass is 10.1. The van der Waals surface area contributed by atoms with Crippen LogP contribution in [0.3, 0.4) is 0 Å². The molecule has 1 unspecified atom stereocenters. The summed E-state index contributed by atoms with van der Waals surface area (Å²) in [7, 11) is 0. The van der Waals surface area contributed by atoms with Crippen molar-refractivity contribution >= 4 is 11.4 Å². The summed E-state index contributed by atoms with van der Waals surface area (Å²) in [5, 5.41) is 10.6. The summed E-state index contributed by atoms with van der Waals surface area (Å²) in [6, 6.07) is 2.90. The first-order valence-electron chi connectivity index (χ1n) is 6.67. The molecular formula is C13H15F4N3O2. The molecule has 1 aliphatic rings. The number of halogens is 4. The van der Waals surface area contributed by atoms with Crippen LogP contribution in [0, 0.1) is 15.9 Å². The summed E-state index contributed by atoms with van der Waals surface area (Å²) >= 11 is 0. The molecule has 0 aliphatic carbocycles. The van der Waals surface area contributed by atoms with Gasteiger partial charge in [0.25, 0.3) is 5.69 Å². The van der Waals surface area contributed by atoms with Crippen LogP contribution in [-0.2, 0) is 0 Å². The number of anilines is 1. The van der Waals surface area contributed by atoms with Gasteiger partial charge in [-0.25, -0.2) is 4.39 Å². The number of hydrogen-bond donors (Lipinski definition) is 0. The van der Waals surface area contributed by atoms with Crippen LogP contribution >= 0.6 is 0 Å². The van der Waals surface area contributed by atoms with Crippen molar-refractivity contribution in [3.8, 4) is 0 Å². The van der Waals surface area contributed by atoms with E-state index >= 15 is 0 Å². The lowest BCUT2D eigenvalue weighted by Gasteiger charge is -2.41. The molecule has 5 nitrogen and oxygen atoms in total. The summed E-state index contributed by atoms with van der Waals surface area (Å²) < 4.78 is 51.3. The highest BCUT2D eigenvalue weighted by atomic mass is 19.4. The Morgan fingerprint density at radius 1 is 1.36 bits per heavy atom. The third-order valence-corrected chi connectivity index (χ3v) is 3.63. The van der Waals surface area contributed by atoms with E-state index in [4.69, 9.17) is 0 Å². The van der Waals surface area contributed by atoms with Crippen LogP contribution in [0.4, 0.5) is 28.9 Å². The van der Waals surface area contributed by atoms with Crippen molar-refractivity contribution in [2.75, 3.05) is 31.1 Å². The van der Waals surface area contributed by atoms with E-state index in [-0.39, 0.29) is 31.0 Å². The smallest absolute Gasteiger partial charge is 0.366 e. The van der Waals surface area contributed by atoms with Gasteiger partial charge in [0, 0.05) is 31.7 Å². The topological polar surface area (TPSA) is 49.6 Å². The zero-order valence-electron chi connectivity index (χ0n) is 11.8. The molecule has 1 atom stereocenters. The summed E-state index contributed by atoms with van der Waals surface area (Å²) in [5.74, 6) is -0.745. The van der Waals surface area contributed by atoms with Crippen molar-refractivity contribution in [3.63, 3.8) is 0 Å². The van der Waals surface area contributed by atoms with Gasteiger partial charge in [0.2, 0.25) is 0 Å². The third kappa shape index (κ3) is 3.85. The largest absolute Gasteiger partial charge is 0.401 e. The molecule has 1 saturated heterocycles. The standard InChI is InChI=1S/C13H15F4N3O2/c1-9-7-18(4-5-19(9)8-13(15,16)17)12-3-2-10(20(21)22)6-11(12)14/h2-3,6,9H,4-5,7-8H2,1H3. The van der Waals surface area contributed by atoms with Crippen LogP contribution in [0.25, 0.3) is 0 Å². The van der Waals surface area contributed by atoms with Gasteiger partial charge in [0.05, 0.1) is 23.2 Å². The fourth-order valence-electron chi connectivity index (χ4n) is 2.55. The number of alkyl halides is 3. The highest BCUT2D eigenvalue weighted by Gasteiger charge is 2.35. The molecule has 22 heavy (non-hydrogen) atoms. The lowest BCUT2D eigenvalue weighted by molar-refractivity contribution is -0.385. The van der Waals surface area contributed by atoms with E-state index in [0.717, 1.165) is 6.07 Å². The molecule has 1 fully saturated rings. The van der Waals surface area contributed by atoms with Gasteiger partial charge in [0.15, 0.2) is 5.82 Å². The first-order valence-corrected chi connectivity index (χ1v) is 6.67. The molecule has 0 spiro atoms. The number of rotatable bonds is 3.